The largest absolute Gasteiger partial charge is 0.495 e. The molecule has 2 rings (SSSR count). The molecule has 0 heterocycles. The molecule has 0 bridgehead atoms. The highest BCUT2D eigenvalue weighted by Crippen LogP contribution is 2.25. The Morgan fingerprint density at radius 2 is 1.65 bits per heavy atom. The van der Waals surface area contributed by atoms with E-state index in [2.05, 4.69) is 5.32 Å². The number of aryl methyl sites for hydroxylation is 2. The minimum atomic E-state index is -0.531. The maximum absolute atomic E-state index is 11.9. The Morgan fingerprint density at radius 1 is 1.00 bits per heavy atom. The van der Waals surface area contributed by atoms with Gasteiger partial charge in [-0.05, 0) is 43.7 Å². The number of benzene rings is 2. The Labute approximate surface area is 135 Å². The number of amides is 1. The number of nitrogens with one attached hydrogen (secondary N) is 1. The van der Waals surface area contributed by atoms with Gasteiger partial charge >= 0.3 is 5.97 Å². The molecule has 0 aliphatic heterocycles. The van der Waals surface area contributed by atoms with Crippen LogP contribution in [0.3, 0.4) is 0 Å². The average Bonchev–Trinajstić information content (AvgIpc) is 2.53. The molecule has 0 aromatic heterocycles. The zero-order chi connectivity index (χ0) is 16.8. The monoisotopic (exact) mass is 313 g/mol. The average molecular weight is 313 g/mol. The smallest absolute Gasteiger partial charge is 0.338 e. The summed E-state index contributed by atoms with van der Waals surface area (Å²) in [4.78, 5) is 23.8. The van der Waals surface area contributed by atoms with Crippen molar-refractivity contribution in [1.82, 2.24) is 0 Å². The highest BCUT2D eigenvalue weighted by atomic mass is 16.5. The van der Waals surface area contributed by atoms with Crippen molar-refractivity contribution >= 4 is 17.6 Å². The Kier molecular flexibility index (Phi) is 5.36. The van der Waals surface area contributed by atoms with Crippen molar-refractivity contribution in [3.63, 3.8) is 0 Å². The van der Waals surface area contributed by atoms with E-state index in [9.17, 15) is 9.59 Å². The molecular weight excluding hydrogens is 294 g/mol. The summed E-state index contributed by atoms with van der Waals surface area (Å²) in [6.07, 6.45) is 0. The fourth-order valence-corrected chi connectivity index (χ4v) is 2.01. The van der Waals surface area contributed by atoms with Gasteiger partial charge in [0.05, 0.1) is 18.4 Å². The lowest BCUT2D eigenvalue weighted by Gasteiger charge is -2.11. The fourth-order valence-electron chi connectivity index (χ4n) is 2.01. The van der Waals surface area contributed by atoms with E-state index in [0.29, 0.717) is 17.0 Å². The number of hydrogen-bond donors (Lipinski definition) is 1. The Balaban J connectivity index is 1.94. The minimum absolute atomic E-state index is 0.357. The molecule has 1 amide bonds. The van der Waals surface area contributed by atoms with Crippen molar-refractivity contribution in [2.24, 2.45) is 0 Å². The van der Waals surface area contributed by atoms with Crippen LogP contribution in [0.5, 0.6) is 5.75 Å². The Hall–Kier alpha value is -2.82. The second-order valence-electron chi connectivity index (χ2n) is 5.19. The van der Waals surface area contributed by atoms with Crippen LogP contribution in [-0.2, 0) is 9.53 Å². The fraction of sp³-hybridized carbons (Fsp3) is 0.222. The second-order valence-corrected chi connectivity index (χ2v) is 5.19. The normalized spacial score (nSPS) is 10.0. The number of methoxy groups -OCH3 is 1. The molecule has 0 spiro atoms. The van der Waals surface area contributed by atoms with Gasteiger partial charge in [0.15, 0.2) is 6.61 Å². The van der Waals surface area contributed by atoms with E-state index in [1.807, 2.05) is 32.0 Å². The molecule has 23 heavy (non-hydrogen) atoms. The van der Waals surface area contributed by atoms with E-state index in [0.717, 1.165) is 11.1 Å². The highest BCUT2D eigenvalue weighted by Gasteiger charge is 2.12. The molecule has 5 heteroatoms. The molecular formula is C18H19NO4. The molecule has 1 N–H and O–H groups in total. The van der Waals surface area contributed by atoms with Crippen LogP contribution in [0.2, 0.25) is 0 Å². The minimum Gasteiger partial charge on any atom is -0.495 e. The number of ether oxygens (including phenoxy) is 2. The van der Waals surface area contributed by atoms with Crippen LogP contribution in [0.25, 0.3) is 0 Å². The standard InChI is InChI=1S/C18H19NO4/c1-12-4-7-14(8-5-12)18(21)23-11-17(20)19-15-10-13(2)6-9-16(15)22-3/h4-10H,11H2,1-3H3,(H,19,20). The zero-order valence-electron chi connectivity index (χ0n) is 13.4. The lowest BCUT2D eigenvalue weighted by Crippen LogP contribution is -2.21. The molecule has 2 aromatic rings. The zero-order valence-corrected chi connectivity index (χ0v) is 13.4. The summed E-state index contributed by atoms with van der Waals surface area (Å²) >= 11 is 0. The van der Waals surface area contributed by atoms with Crippen molar-refractivity contribution in [3.05, 3.63) is 59.2 Å². The van der Waals surface area contributed by atoms with Crippen molar-refractivity contribution in [2.75, 3.05) is 19.0 Å². The van der Waals surface area contributed by atoms with Gasteiger partial charge in [0.25, 0.3) is 5.91 Å². The van der Waals surface area contributed by atoms with Crippen LogP contribution >= 0.6 is 0 Å². The maximum Gasteiger partial charge on any atom is 0.338 e. The van der Waals surface area contributed by atoms with Crippen LogP contribution in [0.15, 0.2) is 42.5 Å². The van der Waals surface area contributed by atoms with E-state index >= 15 is 0 Å². The molecule has 0 saturated heterocycles. The number of esters is 1. The van der Waals surface area contributed by atoms with Crippen LogP contribution in [0.4, 0.5) is 5.69 Å². The van der Waals surface area contributed by atoms with Gasteiger partial charge in [0, 0.05) is 0 Å². The van der Waals surface area contributed by atoms with Gasteiger partial charge in [-0.3, -0.25) is 4.79 Å². The summed E-state index contributed by atoms with van der Waals surface area (Å²) in [5, 5.41) is 2.68. The van der Waals surface area contributed by atoms with Crippen molar-refractivity contribution in [2.45, 2.75) is 13.8 Å². The number of anilines is 1. The highest BCUT2D eigenvalue weighted by molar-refractivity contribution is 5.96. The molecule has 2 aromatic carbocycles. The molecule has 0 fully saturated rings. The topological polar surface area (TPSA) is 64.6 Å². The molecule has 0 aliphatic rings. The van der Waals surface area contributed by atoms with Crippen LogP contribution < -0.4 is 10.1 Å². The molecule has 0 unspecified atom stereocenters. The van der Waals surface area contributed by atoms with Gasteiger partial charge in [-0.2, -0.15) is 0 Å². The molecule has 0 radical (unpaired) electrons. The van der Waals surface area contributed by atoms with Crippen LogP contribution in [-0.4, -0.2) is 25.6 Å². The van der Waals surface area contributed by atoms with E-state index in [1.54, 1.807) is 24.3 Å². The van der Waals surface area contributed by atoms with Crippen LogP contribution in [0.1, 0.15) is 21.5 Å². The summed E-state index contributed by atoms with van der Waals surface area (Å²) in [5.41, 5.74) is 2.99. The molecule has 0 saturated carbocycles. The summed E-state index contributed by atoms with van der Waals surface area (Å²) in [5.74, 6) is -0.403. The number of carbonyl (C=O) groups is 2. The summed E-state index contributed by atoms with van der Waals surface area (Å²) in [6.45, 7) is 3.48. The first-order valence-electron chi connectivity index (χ1n) is 7.18. The molecule has 120 valence electrons. The first-order chi connectivity index (χ1) is 11.0. The number of carbonyl (C=O) groups excluding carboxylic acids is 2. The Morgan fingerprint density at radius 3 is 2.30 bits per heavy atom. The third-order valence-electron chi connectivity index (χ3n) is 3.25. The third-order valence-corrected chi connectivity index (χ3v) is 3.25. The van der Waals surface area contributed by atoms with E-state index in [-0.39, 0.29) is 6.61 Å². The van der Waals surface area contributed by atoms with Gasteiger partial charge in [0.1, 0.15) is 5.75 Å². The second kappa shape index (κ2) is 7.45. The van der Waals surface area contributed by atoms with Gasteiger partial charge in [-0.1, -0.05) is 23.8 Å². The number of hydrogen-bond acceptors (Lipinski definition) is 4. The predicted molar refractivity (Wildman–Crippen MR) is 87.8 cm³/mol. The lowest BCUT2D eigenvalue weighted by molar-refractivity contribution is -0.119. The van der Waals surface area contributed by atoms with Crippen molar-refractivity contribution in [1.29, 1.82) is 0 Å². The quantitative estimate of drug-likeness (QED) is 0.861. The summed E-state index contributed by atoms with van der Waals surface area (Å²) in [6, 6.07) is 12.4. The lowest BCUT2D eigenvalue weighted by atomic mass is 10.1. The van der Waals surface area contributed by atoms with Gasteiger partial charge < -0.3 is 14.8 Å². The molecule has 0 aliphatic carbocycles. The van der Waals surface area contributed by atoms with Crippen LogP contribution in [0, 0.1) is 13.8 Å². The molecule has 5 nitrogen and oxygen atoms in total. The van der Waals surface area contributed by atoms with E-state index < -0.39 is 11.9 Å². The van der Waals surface area contributed by atoms with Gasteiger partial charge in [0.2, 0.25) is 0 Å². The summed E-state index contributed by atoms with van der Waals surface area (Å²) in [7, 11) is 1.53. The first kappa shape index (κ1) is 16.5. The molecule has 0 atom stereocenters. The van der Waals surface area contributed by atoms with E-state index in [4.69, 9.17) is 9.47 Å². The predicted octanol–water partition coefficient (Wildman–Crippen LogP) is 3.11. The van der Waals surface area contributed by atoms with Crippen molar-refractivity contribution < 1.29 is 19.1 Å². The third kappa shape index (κ3) is 4.57. The van der Waals surface area contributed by atoms with E-state index in [1.165, 1.54) is 7.11 Å². The first-order valence-corrected chi connectivity index (χ1v) is 7.18. The SMILES string of the molecule is COc1ccc(C)cc1NC(=O)COC(=O)c1ccc(C)cc1. The Bertz CT molecular complexity index is 707. The van der Waals surface area contributed by atoms with Gasteiger partial charge in [-0.15, -0.1) is 0 Å². The number of rotatable bonds is 5. The summed E-state index contributed by atoms with van der Waals surface area (Å²) < 4.78 is 10.2. The van der Waals surface area contributed by atoms with Crippen molar-refractivity contribution in [3.8, 4) is 5.75 Å². The van der Waals surface area contributed by atoms with Gasteiger partial charge in [-0.25, -0.2) is 4.79 Å². The maximum atomic E-state index is 11.9.